The van der Waals surface area contributed by atoms with E-state index in [1.807, 2.05) is 29.5 Å². The molecule has 1 aromatic heterocycles. The van der Waals surface area contributed by atoms with Crippen molar-refractivity contribution in [1.82, 2.24) is 20.6 Å². The van der Waals surface area contributed by atoms with Crippen molar-refractivity contribution in [3.63, 3.8) is 0 Å². The van der Waals surface area contributed by atoms with Crippen LogP contribution >= 0.6 is 22.6 Å². The number of H-pyrrole nitrogens is 1. The number of nitrogens with one attached hydrogen (secondary N) is 2. The second-order valence-corrected chi connectivity index (χ2v) is 4.55. The largest absolute Gasteiger partial charge is 0.504 e. The molecule has 1 heterocycles. The predicted molar refractivity (Wildman–Crippen MR) is 77.4 cm³/mol. The van der Waals surface area contributed by atoms with E-state index < -0.39 is 0 Å². The number of rotatable bonds is 5. The molecule has 0 spiro atoms. The standard InChI is InChI=1S/C10H11IN6O2/c1-2-19-8-4-6(3-7(11)9(8)18)5-12-13-10-14-16-17-15-10/h3-5,18H,2H2,1H3,(H2,13,14,15,16,17)/b12-5+. The van der Waals surface area contributed by atoms with Crippen LogP contribution in [0.2, 0.25) is 0 Å². The predicted octanol–water partition coefficient (Wildman–Crippen LogP) is 1.35. The van der Waals surface area contributed by atoms with Crippen molar-refractivity contribution in [1.29, 1.82) is 0 Å². The highest BCUT2D eigenvalue weighted by Gasteiger charge is 2.08. The van der Waals surface area contributed by atoms with Crippen LogP contribution in [0.15, 0.2) is 17.2 Å². The van der Waals surface area contributed by atoms with Gasteiger partial charge >= 0.3 is 0 Å². The Kier molecular flexibility index (Phi) is 4.49. The van der Waals surface area contributed by atoms with Crippen molar-refractivity contribution in [2.24, 2.45) is 5.10 Å². The minimum absolute atomic E-state index is 0.130. The Balaban J connectivity index is 2.13. The molecule has 2 rings (SSSR count). The van der Waals surface area contributed by atoms with Crippen LogP contribution < -0.4 is 10.2 Å². The van der Waals surface area contributed by atoms with Crippen LogP contribution in [0.3, 0.4) is 0 Å². The molecule has 1 aromatic carbocycles. The number of tetrazole rings is 1. The second kappa shape index (κ2) is 6.31. The number of phenolic OH excluding ortho intramolecular Hbond substituents is 1. The molecule has 0 aliphatic rings. The quantitative estimate of drug-likeness (QED) is 0.414. The molecule has 0 atom stereocenters. The van der Waals surface area contributed by atoms with E-state index in [-0.39, 0.29) is 11.7 Å². The number of aromatic nitrogens is 4. The van der Waals surface area contributed by atoms with Gasteiger partial charge in [0.2, 0.25) is 0 Å². The molecule has 0 aliphatic carbocycles. The zero-order chi connectivity index (χ0) is 13.7. The van der Waals surface area contributed by atoms with Crippen LogP contribution in [0, 0.1) is 3.57 Å². The number of ether oxygens (including phenoxy) is 1. The first-order chi connectivity index (χ1) is 9.20. The van der Waals surface area contributed by atoms with Crippen molar-refractivity contribution in [2.75, 3.05) is 12.0 Å². The van der Waals surface area contributed by atoms with Gasteiger partial charge in [0.25, 0.3) is 5.95 Å². The van der Waals surface area contributed by atoms with E-state index in [0.717, 1.165) is 5.56 Å². The summed E-state index contributed by atoms with van der Waals surface area (Å²) in [6.45, 7) is 2.33. The molecule has 0 bridgehead atoms. The van der Waals surface area contributed by atoms with Crippen LogP contribution in [-0.4, -0.2) is 38.6 Å². The molecule has 100 valence electrons. The van der Waals surface area contributed by atoms with Crippen LogP contribution in [0.25, 0.3) is 0 Å². The number of phenols is 1. The maximum absolute atomic E-state index is 9.80. The fourth-order valence-electron chi connectivity index (χ4n) is 1.31. The third-order valence-corrected chi connectivity index (χ3v) is 2.90. The van der Waals surface area contributed by atoms with Gasteiger partial charge < -0.3 is 9.84 Å². The minimum Gasteiger partial charge on any atom is -0.504 e. The second-order valence-electron chi connectivity index (χ2n) is 3.39. The van der Waals surface area contributed by atoms with Gasteiger partial charge in [-0.1, -0.05) is 5.10 Å². The van der Waals surface area contributed by atoms with Crippen molar-refractivity contribution in [3.8, 4) is 11.5 Å². The summed E-state index contributed by atoms with van der Waals surface area (Å²) in [6, 6.07) is 3.47. The Morgan fingerprint density at radius 3 is 3.11 bits per heavy atom. The first-order valence-corrected chi connectivity index (χ1v) is 6.46. The van der Waals surface area contributed by atoms with E-state index in [9.17, 15) is 5.11 Å². The summed E-state index contributed by atoms with van der Waals surface area (Å²) in [7, 11) is 0. The maximum Gasteiger partial charge on any atom is 0.283 e. The lowest BCUT2D eigenvalue weighted by molar-refractivity contribution is 0.317. The Bertz CT molecular complexity index is 572. The van der Waals surface area contributed by atoms with E-state index in [4.69, 9.17) is 4.74 Å². The molecular weight excluding hydrogens is 363 g/mol. The summed E-state index contributed by atoms with van der Waals surface area (Å²) in [6.07, 6.45) is 1.57. The van der Waals surface area contributed by atoms with E-state index in [1.54, 1.807) is 18.3 Å². The Morgan fingerprint density at radius 2 is 2.42 bits per heavy atom. The van der Waals surface area contributed by atoms with Gasteiger partial charge in [0.05, 0.1) is 16.4 Å². The number of halogens is 1. The number of nitrogens with zero attached hydrogens (tertiary/aromatic N) is 4. The number of aromatic hydroxyl groups is 1. The molecule has 19 heavy (non-hydrogen) atoms. The summed E-state index contributed by atoms with van der Waals surface area (Å²) in [5, 5.41) is 26.8. The number of benzene rings is 1. The molecular formula is C10H11IN6O2. The average Bonchev–Trinajstić information content (AvgIpc) is 2.89. The van der Waals surface area contributed by atoms with Crippen molar-refractivity contribution in [3.05, 3.63) is 21.3 Å². The fourth-order valence-corrected chi connectivity index (χ4v) is 1.93. The summed E-state index contributed by atoms with van der Waals surface area (Å²) in [4.78, 5) is 0. The first kappa shape index (κ1) is 13.5. The highest BCUT2D eigenvalue weighted by molar-refractivity contribution is 14.1. The van der Waals surface area contributed by atoms with Crippen LogP contribution in [0.4, 0.5) is 5.95 Å². The van der Waals surface area contributed by atoms with Crippen molar-refractivity contribution >= 4 is 34.8 Å². The average molecular weight is 374 g/mol. The number of anilines is 1. The zero-order valence-electron chi connectivity index (χ0n) is 9.96. The number of hydrogen-bond acceptors (Lipinski definition) is 7. The zero-order valence-corrected chi connectivity index (χ0v) is 12.1. The highest BCUT2D eigenvalue weighted by atomic mass is 127. The molecule has 8 nitrogen and oxygen atoms in total. The van der Waals surface area contributed by atoms with Gasteiger partial charge in [0.1, 0.15) is 0 Å². The number of hydrazone groups is 1. The molecule has 0 aliphatic heterocycles. The summed E-state index contributed by atoms with van der Waals surface area (Å²) >= 11 is 2.03. The monoisotopic (exact) mass is 374 g/mol. The summed E-state index contributed by atoms with van der Waals surface area (Å²) in [5.41, 5.74) is 3.39. The third kappa shape index (κ3) is 3.53. The van der Waals surface area contributed by atoms with E-state index in [0.29, 0.717) is 15.9 Å². The molecule has 0 amide bonds. The molecule has 9 heteroatoms. The third-order valence-electron chi connectivity index (χ3n) is 2.07. The van der Waals surface area contributed by atoms with Gasteiger partial charge in [-0.15, -0.1) is 5.10 Å². The van der Waals surface area contributed by atoms with Gasteiger partial charge in [0, 0.05) is 0 Å². The fraction of sp³-hybridized carbons (Fsp3) is 0.200. The van der Waals surface area contributed by atoms with Crippen LogP contribution in [0.1, 0.15) is 12.5 Å². The maximum atomic E-state index is 9.80. The van der Waals surface area contributed by atoms with Crippen LogP contribution in [0.5, 0.6) is 11.5 Å². The van der Waals surface area contributed by atoms with Gasteiger partial charge in [-0.25, -0.2) is 5.43 Å². The topological polar surface area (TPSA) is 108 Å². The smallest absolute Gasteiger partial charge is 0.283 e. The van der Waals surface area contributed by atoms with Crippen molar-refractivity contribution in [2.45, 2.75) is 6.92 Å². The molecule has 0 unspecified atom stereocenters. The van der Waals surface area contributed by atoms with Gasteiger partial charge in [-0.2, -0.15) is 10.3 Å². The van der Waals surface area contributed by atoms with Gasteiger partial charge in [0.15, 0.2) is 11.5 Å². The molecule has 0 saturated heterocycles. The highest BCUT2D eigenvalue weighted by Crippen LogP contribution is 2.32. The SMILES string of the molecule is CCOc1cc(/C=N/Nc2nn[nH]n2)cc(I)c1O. The summed E-state index contributed by atoms with van der Waals surface area (Å²) in [5.74, 6) is 0.830. The summed E-state index contributed by atoms with van der Waals surface area (Å²) < 4.78 is 6.02. The lowest BCUT2D eigenvalue weighted by atomic mass is 10.2. The van der Waals surface area contributed by atoms with Crippen molar-refractivity contribution < 1.29 is 9.84 Å². The van der Waals surface area contributed by atoms with E-state index in [1.165, 1.54) is 0 Å². The van der Waals surface area contributed by atoms with Gasteiger partial charge in [-0.05, 0) is 52.4 Å². The number of hydrogen-bond donors (Lipinski definition) is 3. The molecule has 3 N–H and O–H groups in total. The molecule has 0 fully saturated rings. The van der Waals surface area contributed by atoms with E-state index in [2.05, 4.69) is 31.2 Å². The lowest BCUT2D eigenvalue weighted by Gasteiger charge is -2.08. The Hall–Kier alpha value is -1.91. The molecule has 2 aromatic rings. The minimum atomic E-state index is 0.130. The lowest BCUT2D eigenvalue weighted by Crippen LogP contribution is -1.96. The Morgan fingerprint density at radius 1 is 1.58 bits per heavy atom. The van der Waals surface area contributed by atoms with E-state index >= 15 is 0 Å². The van der Waals surface area contributed by atoms with Crippen LogP contribution in [-0.2, 0) is 0 Å². The molecule has 0 radical (unpaired) electrons. The first-order valence-electron chi connectivity index (χ1n) is 5.38. The normalized spacial score (nSPS) is 10.8. The Labute approximate surface area is 122 Å². The number of aromatic amines is 1. The molecule has 0 saturated carbocycles. The van der Waals surface area contributed by atoms with Gasteiger partial charge in [-0.3, -0.25) is 0 Å².